The maximum atomic E-state index is 3.67. The van der Waals surface area contributed by atoms with Gasteiger partial charge in [-0.2, -0.15) is 25.7 Å². The van der Waals surface area contributed by atoms with Crippen molar-refractivity contribution in [2.75, 3.05) is 0 Å². The van der Waals surface area contributed by atoms with Crippen LogP contribution in [-0.4, -0.2) is 61.2 Å². The quantitative estimate of drug-likeness (QED) is 0.324. The molecule has 0 bridgehead atoms. The molecular weight excluding hydrogens is 264 g/mol. The largest absolute Gasteiger partial charge is 0.351 e. The first-order valence-corrected chi connectivity index (χ1v) is 5.17. The molecule has 4 aromatic heterocycles. The second kappa shape index (κ2) is 12.0. The van der Waals surface area contributed by atoms with Gasteiger partial charge in [-0.15, -0.1) is 10.2 Å². The van der Waals surface area contributed by atoms with Crippen LogP contribution in [-0.2, 0) is 0 Å². The standard InChI is InChI=1S/C3H4N2.2C2H3N3.CH2N4/c1-2-5-3-4-1;1-3-2-5-4-1;2*1-2-4-5-3-1/h1-3H,(H,4,5);2*1-2H,(H,3,4,5);1H,(H,2,3,4,5). The van der Waals surface area contributed by atoms with Gasteiger partial charge in [-0.1, -0.05) is 5.21 Å². The number of tetrazole rings is 1. The van der Waals surface area contributed by atoms with Gasteiger partial charge in [-0.25, -0.2) is 9.97 Å². The van der Waals surface area contributed by atoms with Crippen molar-refractivity contribution < 1.29 is 0 Å². The minimum absolute atomic E-state index is 1.33. The van der Waals surface area contributed by atoms with E-state index in [1.54, 1.807) is 31.1 Å². The third-order valence-electron chi connectivity index (χ3n) is 1.34. The van der Waals surface area contributed by atoms with Crippen LogP contribution in [0.15, 0.2) is 50.1 Å². The summed E-state index contributed by atoms with van der Waals surface area (Å²) in [6.45, 7) is 0. The summed E-state index contributed by atoms with van der Waals surface area (Å²) in [5.74, 6) is 0. The zero-order valence-corrected chi connectivity index (χ0v) is 10.2. The fourth-order valence-corrected chi connectivity index (χ4v) is 0.678. The molecule has 0 radical (unpaired) electrons. The van der Waals surface area contributed by atoms with Crippen molar-refractivity contribution in [3.05, 3.63) is 50.1 Å². The van der Waals surface area contributed by atoms with E-state index in [0.717, 1.165) is 0 Å². The van der Waals surface area contributed by atoms with Gasteiger partial charge in [0.15, 0.2) is 6.33 Å². The molecule has 0 aromatic carbocycles. The highest BCUT2D eigenvalue weighted by molar-refractivity contribution is 4.64. The van der Waals surface area contributed by atoms with Gasteiger partial charge in [0.2, 0.25) is 0 Å². The lowest BCUT2D eigenvalue weighted by Crippen LogP contribution is -1.64. The molecular formula is C8H12N12. The summed E-state index contributed by atoms with van der Waals surface area (Å²) < 4.78 is 0. The zero-order chi connectivity index (χ0) is 14.1. The van der Waals surface area contributed by atoms with Crippen molar-refractivity contribution in [1.82, 2.24) is 61.2 Å². The molecule has 4 heterocycles. The van der Waals surface area contributed by atoms with Gasteiger partial charge in [0.05, 0.1) is 18.7 Å². The van der Waals surface area contributed by atoms with Gasteiger partial charge in [0.1, 0.15) is 12.7 Å². The molecule has 12 heteroatoms. The van der Waals surface area contributed by atoms with Crippen LogP contribution in [0.1, 0.15) is 0 Å². The van der Waals surface area contributed by atoms with E-state index < -0.39 is 0 Å². The number of aromatic nitrogens is 12. The number of hydrogen-bond acceptors (Lipinski definition) is 8. The third kappa shape index (κ3) is 9.76. The summed E-state index contributed by atoms with van der Waals surface area (Å²) in [5.41, 5.74) is 0. The molecule has 12 nitrogen and oxygen atoms in total. The van der Waals surface area contributed by atoms with Crippen LogP contribution in [0, 0.1) is 0 Å². The molecule has 4 N–H and O–H groups in total. The summed E-state index contributed by atoms with van der Waals surface area (Å²) in [5, 5.41) is 27.5. The molecule has 0 amide bonds. The lowest BCUT2D eigenvalue weighted by atomic mass is 11.0. The number of rotatable bonds is 0. The van der Waals surface area contributed by atoms with Crippen molar-refractivity contribution in [3.8, 4) is 0 Å². The lowest BCUT2D eigenvalue weighted by Gasteiger charge is -1.48. The normalized spacial score (nSPS) is 8.00. The van der Waals surface area contributed by atoms with Gasteiger partial charge in [-0.3, -0.25) is 5.10 Å². The van der Waals surface area contributed by atoms with E-state index in [2.05, 4.69) is 61.2 Å². The van der Waals surface area contributed by atoms with Gasteiger partial charge >= 0.3 is 0 Å². The maximum absolute atomic E-state index is 3.67. The van der Waals surface area contributed by atoms with E-state index >= 15 is 0 Å². The van der Waals surface area contributed by atoms with Crippen LogP contribution in [0.3, 0.4) is 0 Å². The third-order valence-corrected chi connectivity index (χ3v) is 1.34. The number of H-pyrrole nitrogens is 4. The molecule has 0 aliphatic heterocycles. The van der Waals surface area contributed by atoms with Gasteiger partial charge in [-0.05, 0) is 0 Å². The summed E-state index contributed by atoms with van der Waals surface area (Å²) in [6, 6.07) is 0. The monoisotopic (exact) mass is 276 g/mol. The number of hydrogen-bond donors (Lipinski definition) is 4. The average molecular weight is 276 g/mol. The number of nitrogens with one attached hydrogen (secondary N) is 4. The van der Waals surface area contributed by atoms with Crippen LogP contribution < -0.4 is 0 Å². The van der Waals surface area contributed by atoms with E-state index in [1.165, 1.54) is 19.0 Å². The summed E-state index contributed by atoms with van der Waals surface area (Å²) in [7, 11) is 0. The van der Waals surface area contributed by atoms with Gasteiger partial charge in [0.25, 0.3) is 0 Å². The fraction of sp³-hybridized carbons (Fsp3) is 0. The van der Waals surface area contributed by atoms with Gasteiger partial charge in [0, 0.05) is 12.4 Å². The summed E-state index contributed by atoms with van der Waals surface area (Å²) in [6.07, 6.45) is 12.5. The predicted molar refractivity (Wildman–Crippen MR) is 65.5 cm³/mol. The molecule has 0 unspecified atom stereocenters. The first-order valence-electron chi connectivity index (χ1n) is 5.17. The highest BCUT2D eigenvalue weighted by atomic mass is 15.5. The molecule has 0 spiro atoms. The maximum Gasteiger partial charge on any atom is 0.161 e. The summed E-state index contributed by atoms with van der Waals surface area (Å²) in [4.78, 5) is 9.97. The SMILES string of the molecule is c1c[nH]cn1.c1cn[nH]n1.c1nc[nH]n1.c1nn[nH]n1. The Kier molecular flexibility index (Phi) is 8.79. The van der Waals surface area contributed by atoms with Crippen LogP contribution in [0.2, 0.25) is 0 Å². The second-order valence-electron chi connectivity index (χ2n) is 2.63. The molecule has 0 saturated carbocycles. The first kappa shape index (κ1) is 14.6. The van der Waals surface area contributed by atoms with Crippen molar-refractivity contribution >= 4 is 0 Å². The van der Waals surface area contributed by atoms with E-state index in [1.807, 2.05) is 0 Å². The minimum atomic E-state index is 1.33. The molecule has 0 fully saturated rings. The van der Waals surface area contributed by atoms with Crippen LogP contribution in [0.25, 0.3) is 0 Å². The van der Waals surface area contributed by atoms with Crippen LogP contribution >= 0.6 is 0 Å². The zero-order valence-electron chi connectivity index (χ0n) is 10.2. The molecule has 0 aliphatic rings. The molecule has 0 atom stereocenters. The molecule has 4 aromatic rings. The highest BCUT2D eigenvalue weighted by Crippen LogP contribution is 1.62. The van der Waals surface area contributed by atoms with E-state index in [9.17, 15) is 0 Å². The van der Waals surface area contributed by atoms with Gasteiger partial charge < -0.3 is 4.98 Å². The van der Waals surface area contributed by atoms with E-state index in [4.69, 9.17) is 0 Å². The fourth-order valence-electron chi connectivity index (χ4n) is 0.678. The molecule has 104 valence electrons. The van der Waals surface area contributed by atoms with Crippen molar-refractivity contribution in [2.24, 2.45) is 0 Å². The van der Waals surface area contributed by atoms with E-state index in [-0.39, 0.29) is 0 Å². The Bertz CT molecular complexity index is 350. The molecule has 4 rings (SSSR count). The Balaban J connectivity index is 0.000000133. The Morgan fingerprint density at radius 3 is 1.80 bits per heavy atom. The second-order valence-corrected chi connectivity index (χ2v) is 2.63. The van der Waals surface area contributed by atoms with Crippen LogP contribution in [0.4, 0.5) is 0 Å². The molecule has 0 aliphatic carbocycles. The average Bonchev–Trinajstić information content (AvgIpc) is 3.40. The smallest absolute Gasteiger partial charge is 0.161 e. The Hall–Kier alpha value is -3.44. The summed E-state index contributed by atoms with van der Waals surface area (Å²) >= 11 is 0. The topological polar surface area (TPSA) is 166 Å². The lowest BCUT2D eigenvalue weighted by molar-refractivity contribution is 0.881. The van der Waals surface area contributed by atoms with E-state index in [0.29, 0.717) is 0 Å². The number of nitrogens with zero attached hydrogens (tertiary/aromatic N) is 8. The Labute approximate surface area is 112 Å². The predicted octanol–water partition coefficient (Wildman–Crippen LogP) is -0.781. The minimum Gasteiger partial charge on any atom is -0.351 e. The first-order chi connectivity index (χ1) is 10.0. The Morgan fingerprint density at radius 2 is 1.60 bits per heavy atom. The van der Waals surface area contributed by atoms with Crippen molar-refractivity contribution in [2.45, 2.75) is 0 Å². The number of aromatic amines is 4. The molecule has 20 heavy (non-hydrogen) atoms. The molecule has 0 saturated heterocycles. The number of imidazole rings is 1. The highest BCUT2D eigenvalue weighted by Gasteiger charge is 1.59. The van der Waals surface area contributed by atoms with Crippen molar-refractivity contribution in [3.63, 3.8) is 0 Å². The van der Waals surface area contributed by atoms with Crippen molar-refractivity contribution in [1.29, 1.82) is 0 Å². The van der Waals surface area contributed by atoms with Crippen LogP contribution in [0.5, 0.6) is 0 Å². The Morgan fingerprint density at radius 1 is 0.700 bits per heavy atom.